The predicted octanol–water partition coefficient (Wildman–Crippen LogP) is 3.19. The van der Waals surface area contributed by atoms with Crippen LogP contribution in [0.5, 0.6) is 0 Å². The summed E-state index contributed by atoms with van der Waals surface area (Å²) < 4.78 is 27.8. The second kappa shape index (κ2) is 7.11. The molecule has 0 aliphatic carbocycles. The van der Waals surface area contributed by atoms with Crippen LogP contribution in [-0.2, 0) is 10.0 Å². The number of hydrogen-bond acceptors (Lipinski definition) is 3. The maximum absolute atomic E-state index is 12.6. The van der Waals surface area contributed by atoms with Crippen LogP contribution in [-0.4, -0.2) is 29.1 Å². The molecule has 0 amide bonds. The zero-order valence-electron chi connectivity index (χ0n) is 13.2. The van der Waals surface area contributed by atoms with Gasteiger partial charge in [0, 0.05) is 37.1 Å². The smallest absolute Gasteiger partial charge is 0.241 e. The Hall–Kier alpha value is -1.59. The average molecular weight is 319 g/mol. The van der Waals surface area contributed by atoms with E-state index in [2.05, 4.69) is 11.6 Å². The van der Waals surface area contributed by atoms with E-state index < -0.39 is 10.0 Å². The second-order valence-electron chi connectivity index (χ2n) is 5.48. The Balaban J connectivity index is 2.41. The zero-order chi connectivity index (χ0) is 16.2. The molecule has 5 heteroatoms. The topological polar surface area (TPSA) is 49.4 Å². The fraction of sp³-hybridized carbons (Fsp3) is 0.353. The molecule has 0 aliphatic heterocycles. The van der Waals surface area contributed by atoms with Gasteiger partial charge in [-0.3, -0.25) is 0 Å². The SMILES string of the molecule is [CH2]CCCCNS(=O)(=O)c1cccc2c(N(C)C)cccc12. The highest BCUT2D eigenvalue weighted by Crippen LogP contribution is 2.29. The first-order valence-corrected chi connectivity index (χ1v) is 8.93. The number of nitrogens with one attached hydrogen (secondary N) is 1. The fourth-order valence-electron chi connectivity index (χ4n) is 2.47. The summed E-state index contributed by atoms with van der Waals surface area (Å²) in [4.78, 5) is 2.32. The first kappa shape index (κ1) is 16.8. The number of anilines is 1. The van der Waals surface area contributed by atoms with E-state index in [0.717, 1.165) is 35.7 Å². The number of hydrogen-bond donors (Lipinski definition) is 1. The van der Waals surface area contributed by atoms with Crippen molar-refractivity contribution in [1.29, 1.82) is 0 Å². The second-order valence-corrected chi connectivity index (χ2v) is 7.22. The molecule has 2 rings (SSSR count). The van der Waals surface area contributed by atoms with Crippen molar-refractivity contribution in [1.82, 2.24) is 4.72 Å². The lowest BCUT2D eigenvalue weighted by molar-refractivity contribution is 0.578. The van der Waals surface area contributed by atoms with Gasteiger partial charge >= 0.3 is 0 Å². The van der Waals surface area contributed by atoms with Gasteiger partial charge in [-0.05, 0) is 18.6 Å². The summed E-state index contributed by atoms with van der Waals surface area (Å²) in [5.41, 5.74) is 1.01. The highest BCUT2D eigenvalue weighted by Gasteiger charge is 2.17. The van der Waals surface area contributed by atoms with Crippen molar-refractivity contribution in [2.75, 3.05) is 25.5 Å². The van der Waals surface area contributed by atoms with E-state index in [-0.39, 0.29) is 0 Å². The molecule has 0 aromatic heterocycles. The number of nitrogens with zero attached hydrogens (tertiary/aromatic N) is 1. The van der Waals surface area contributed by atoms with Gasteiger partial charge in [0.15, 0.2) is 0 Å². The van der Waals surface area contributed by atoms with E-state index in [1.54, 1.807) is 12.1 Å². The summed E-state index contributed by atoms with van der Waals surface area (Å²) in [6, 6.07) is 11.1. The van der Waals surface area contributed by atoms with Crippen LogP contribution in [0.3, 0.4) is 0 Å². The molecule has 0 spiro atoms. The normalized spacial score (nSPS) is 11.8. The molecule has 0 fully saturated rings. The van der Waals surface area contributed by atoms with Crippen molar-refractivity contribution < 1.29 is 8.42 Å². The van der Waals surface area contributed by atoms with Gasteiger partial charge < -0.3 is 4.90 Å². The molecule has 4 nitrogen and oxygen atoms in total. The van der Waals surface area contributed by atoms with Gasteiger partial charge in [-0.15, -0.1) is 0 Å². The Kier molecular flexibility index (Phi) is 5.42. The average Bonchev–Trinajstić information content (AvgIpc) is 2.50. The number of sulfonamides is 1. The third-order valence-electron chi connectivity index (χ3n) is 3.60. The quantitative estimate of drug-likeness (QED) is 0.797. The van der Waals surface area contributed by atoms with Crippen molar-refractivity contribution >= 4 is 26.5 Å². The van der Waals surface area contributed by atoms with Gasteiger partial charge in [0.2, 0.25) is 10.0 Å². The molecule has 0 saturated carbocycles. The Morgan fingerprint density at radius 2 is 1.73 bits per heavy atom. The van der Waals surface area contributed by atoms with Gasteiger partial charge in [0.1, 0.15) is 0 Å². The molecular weight excluding hydrogens is 296 g/mol. The highest BCUT2D eigenvalue weighted by atomic mass is 32.2. The molecule has 2 aromatic rings. The van der Waals surface area contributed by atoms with Crippen molar-refractivity contribution in [2.24, 2.45) is 0 Å². The molecule has 0 saturated heterocycles. The van der Waals surface area contributed by atoms with E-state index in [1.165, 1.54) is 0 Å². The van der Waals surface area contributed by atoms with Crippen LogP contribution in [0.25, 0.3) is 10.8 Å². The van der Waals surface area contributed by atoms with Gasteiger partial charge in [-0.2, -0.15) is 0 Å². The van der Waals surface area contributed by atoms with Gasteiger partial charge in [-0.1, -0.05) is 44.0 Å². The first-order valence-electron chi connectivity index (χ1n) is 7.45. The Morgan fingerprint density at radius 3 is 2.41 bits per heavy atom. The molecule has 1 radical (unpaired) electrons. The Morgan fingerprint density at radius 1 is 1.05 bits per heavy atom. The first-order chi connectivity index (χ1) is 10.5. The van der Waals surface area contributed by atoms with E-state index in [9.17, 15) is 8.42 Å². The van der Waals surface area contributed by atoms with Crippen LogP contribution in [0, 0.1) is 6.92 Å². The van der Waals surface area contributed by atoms with Crippen LogP contribution in [0.4, 0.5) is 5.69 Å². The Labute approximate surface area is 133 Å². The molecule has 22 heavy (non-hydrogen) atoms. The third kappa shape index (κ3) is 3.59. The summed E-state index contributed by atoms with van der Waals surface area (Å²) in [6.07, 6.45) is 2.54. The maximum atomic E-state index is 12.6. The number of benzene rings is 2. The number of unbranched alkanes of at least 4 members (excludes halogenated alkanes) is 2. The molecule has 1 N–H and O–H groups in total. The van der Waals surface area contributed by atoms with Gasteiger partial charge in [0.05, 0.1) is 4.90 Å². The van der Waals surface area contributed by atoms with Crippen molar-refractivity contribution in [3.05, 3.63) is 43.3 Å². The van der Waals surface area contributed by atoms with Crippen LogP contribution < -0.4 is 9.62 Å². The lowest BCUT2D eigenvalue weighted by Crippen LogP contribution is -2.25. The van der Waals surface area contributed by atoms with Crippen LogP contribution in [0.15, 0.2) is 41.3 Å². The monoisotopic (exact) mass is 319 g/mol. The maximum Gasteiger partial charge on any atom is 0.241 e. The molecule has 0 bridgehead atoms. The molecule has 0 unspecified atom stereocenters. The molecule has 0 aliphatic rings. The van der Waals surface area contributed by atoms with E-state index >= 15 is 0 Å². The zero-order valence-corrected chi connectivity index (χ0v) is 14.0. The highest BCUT2D eigenvalue weighted by molar-refractivity contribution is 7.89. The summed E-state index contributed by atoms with van der Waals surface area (Å²) >= 11 is 0. The lowest BCUT2D eigenvalue weighted by atomic mass is 10.1. The van der Waals surface area contributed by atoms with E-state index in [4.69, 9.17) is 0 Å². The summed E-state index contributed by atoms with van der Waals surface area (Å²) in [5, 5.41) is 1.69. The van der Waals surface area contributed by atoms with Crippen LogP contribution in [0.1, 0.15) is 19.3 Å². The summed E-state index contributed by atoms with van der Waals surface area (Å²) in [5.74, 6) is 0. The largest absolute Gasteiger partial charge is 0.377 e. The minimum atomic E-state index is -3.50. The lowest BCUT2D eigenvalue weighted by Gasteiger charge is -2.17. The molecular formula is C17H23N2O2S. The number of fused-ring (bicyclic) bond motifs is 1. The minimum Gasteiger partial charge on any atom is -0.377 e. The Bertz CT molecular complexity index is 739. The molecule has 2 aromatic carbocycles. The van der Waals surface area contributed by atoms with Crippen LogP contribution in [0.2, 0.25) is 0 Å². The van der Waals surface area contributed by atoms with Crippen LogP contribution >= 0.6 is 0 Å². The minimum absolute atomic E-state index is 0.336. The standard InChI is InChI=1S/C17H23N2O2S/c1-4-5-6-13-18-22(20,21)17-12-8-9-14-15(17)10-7-11-16(14)19(2)3/h7-12,18H,1,4-6,13H2,2-3H3. The number of rotatable bonds is 7. The predicted molar refractivity (Wildman–Crippen MR) is 92.7 cm³/mol. The molecule has 0 atom stereocenters. The summed E-state index contributed by atoms with van der Waals surface area (Å²) in [7, 11) is 0.404. The fourth-order valence-corrected chi connectivity index (χ4v) is 3.77. The van der Waals surface area contributed by atoms with Crippen molar-refractivity contribution in [3.8, 4) is 0 Å². The van der Waals surface area contributed by atoms with Gasteiger partial charge in [0.25, 0.3) is 0 Å². The third-order valence-corrected chi connectivity index (χ3v) is 5.12. The van der Waals surface area contributed by atoms with Gasteiger partial charge in [-0.25, -0.2) is 13.1 Å². The molecule has 0 heterocycles. The van der Waals surface area contributed by atoms with Crippen molar-refractivity contribution in [3.63, 3.8) is 0 Å². The van der Waals surface area contributed by atoms with E-state index in [0.29, 0.717) is 11.4 Å². The summed E-state index contributed by atoms with van der Waals surface area (Å²) in [6.45, 7) is 4.21. The molecule has 119 valence electrons. The van der Waals surface area contributed by atoms with E-state index in [1.807, 2.05) is 43.3 Å². The van der Waals surface area contributed by atoms with Crippen molar-refractivity contribution in [2.45, 2.75) is 24.2 Å².